The quantitative estimate of drug-likeness (QED) is 0.495. The maximum atomic E-state index is 14.4. The molecule has 170 valence electrons. The summed E-state index contributed by atoms with van der Waals surface area (Å²) >= 11 is 7.07. The number of carbonyl (C=O) groups is 2. The van der Waals surface area contributed by atoms with E-state index >= 15 is 0 Å². The van der Waals surface area contributed by atoms with Gasteiger partial charge in [0.15, 0.2) is 5.54 Å². The normalized spacial score (nSPS) is 28.9. The SMILES string of the molecule is C=CCN1C(=O)[C@@]2(SC1=S)[C@@H](c1ccccc1)CN(C)[C@]21C(=O)N(C)c2ccc(OC)cc21. The molecule has 3 aliphatic heterocycles. The lowest BCUT2D eigenvalue weighted by atomic mass is 9.72. The number of thioether (sulfide) groups is 1. The van der Waals surface area contributed by atoms with Crippen LogP contribution < -0.4 is 9.64 Å². The highest BCUT2D eigenvalue weighted by molar-refractivity contribution is 8.25. The summed E-state index contributed by atoms with van der Waals surface area (Å²) in [6.07, 6.45) is 1.67. The van der Waals surface area contributed by atoms with Crippen molar-refractivity contribution in [3.8, 4) is 5.75 Å². The van der Waals surface area contributed by atoms with Crippen LogP contribution >= 0.6 is 24.0 Å². The number of benzene rings is 2. The fourth-order valence-corrected chi connectivity index (χ4v) is 7.92. The van der Waals surface area contributed by atoms with Crippen molar-refractivity contribution in [3.63, 3.8) is 0 Å². The highest BCUT2D eigenvalue weighted by Crippen LogP contribution is 2.66. The van der Waals surface area contributed by atoms with Crippen LogP contribution in [0, 0.1) is 0 Å². The molecule has 3 aliphatic rings. The Morgan fingerprint density at radius 1 is 1.18 bits per heavy atom. The van der Waals surface area contributed by atoms with E-state index in [1.165, 1.54) is 11.8 Å². The van der Waals surface area contributed by atoms with Gasteiger partial charge in [0.25, 0.3) is 5.91 Å². The summed E-state index contributed by atoms with van der Waals surface area (Å²) in [4.78, 5) is 33.9. The number of fused-ring (bicyclic) bond motifs is 3. The van der Waals surface area contributed by atoms with Gasteiger partial charge in [0.1, 0.15) is 14.8 Å². The molecule has 2 aromatic rings. The third-order valence-corrected chi connectivity index (χ3v) is 9.11. The molecule has 2 fully saturated rings. The van der Waals surface area contributed by atoms with Crippen LogP contribution in [0.25, 0.3) is 0 Å². The average Bonchev–Trinajstić information content (AvgIpc) is 3.33. The predicted molar refractivity (Wildman–Crippen MR) is 135 cm³/mol. The molecule has 0 aliphatic carbocycles. The molecular weight excluding hydrogens is 454 g/mol. The van der Waals surface area contributed by atoms with Gasteiger partial charge in [0, 0.05) is 37.3 Å². The van der Waals surface area contributed by atoms with Crippen LogP contribution in [0.5, 0.6) is 5.75 Å². The van der Waals surface area contributed by atoms with Crippen LogP contribution in [0.4, 0.5) is 5.69 Å². The molecule has 3 atom stereocenters. The Bertz CT molecular complexity index is 1190. The topological polar surface area (TPSA) is 53.1 Å². The summed E-state index contributed by atoms with van der Waals surface area (Å²) in [6, 6.07) is 15.6. The molecule has 2 spiro atoms. The maximum absolute atomic E-state index is 14.4. The van der Waals surface area contributed by atoms with E-state index < -0.39 is 10.3 Å². The minimum Gasteiger partial charge on any atom is -0.497 e. The second-order valence-corrected chi connectivity index (χ2v) is 10.5. The van der Waals surface area contributed by atoms with Crippen LogP contribution in [-0.4, -0.2) is 65.0 Å². The molecule has 0 saturated carbocycles. The Kier molecular flexibility index (Phi) is 5.15. The Morgan fingerprint density at radius 2 is 1.91 bits per heavy atom. The first kappa shape index (κ1) is 22.1. The Labute approximate surface area is 203 Å². The van der Waals surface area contributed by atoms with Gasteiger partial charge in [-0.05, 0) is 30.8 Å². The van der Waals surface area contributed by atoms with E-state index in [2.05, 4.69) is 6.58 Å². The number of rotatable bonds is 4. The summed E-state index contributed by atoms with van der Waals surface area (Å²) in [5, 5.41) is 0. The van der Waals surface area contributed by atoms with E-state index in [4.69, 9.17) is 17.0 Å². The van der Waals surface area contributed by atoms with Crippen molar-refractivity contribution in [2.45, 2.75) is 16.2 Å². The highest BCUT2D eigenvalue weighted by Gasteiger charge is 2.78. The summed E-state index contributed by atoms with van der Waals surface area (Å²) in [7, 11) is 5.30. The van der Waals surface area contributed by atoms with E-state index in [0.29, 0.717) is 23.2 Å². The van der Waals surface area contributed by atoms with Gasteiger partial charge in [-0.2, -0.15) is 0 Å². The number of ether oxygens (including phenoxy) is 1. The van der Waals surface area contributed by atoms with Crippen LogP contribution in [0.15, 0.2) is 61.2 Å². The molecule has 6 nitrogen and oxygen atoms in total. The molecule has 0 aromatic heterocycles. The van der Waals surface area contributed by atoms with Gasteiger partial charge in [-0.25, -0.2) is 0 Å². The molecule has 0 unspecified atom stereocenters. The molecule has 2 aromatic carbocycles. The second-order valence-electron chi connectivity index (χ2n) is 8.61. The minimum absolute atomic E-state index is 0.129. The van der Waals surface area contributed by atoms with Gasteiger partial charge in [-0.1, -0.05) is 60.4 Å². The van der Waals surface area contributed by atoms with Crippen molar-refractivity contribution >= 4 is 45.8 Å². The third-order valence-electron chi connectivity index (χ3n) is 7.17. The second kappa shape index (κ2) is 7.68. The summed E-state index contributed by atoms with van der Waals surface area (Å²) < 4.78 is 4.84. The zero-order valence-electron chi connectivity index (χ0n) is 18.8. The number of likely N-dealkylation sites (tertiary alicyclic amines) is 1. The zero-order chi connectivity index (χ0) is 23.5. The number of thiocarbonyl (C=S) groups is 1. The first-order valence-corrected chi connectivity index (χ1v) is 12.0. The fraction of sp³-hybridized carbons (Fsp3) is 0.320. The lowest BCUT2D eigenvalue weighted by Gasteiger charge is -2.42. The molecule has 2 saturated heterocycles. The van der Waals surface area contributed by atoms with Crippen molar-refractivity contribution < 1.29 is 14.3 Å². The maximum Gasteiger partial charge on any atom is 0.254 e. The summed E-state index contributed by atoms with van der Waals surface area (Å²) in [6.45, 7) is 4.65. The van der Waals surface area contributed by atoms with Gasteiger partial charge < -0.3 is 9.64 Å². The Hall–Kier alpha value is -2.68. The van der Waals surface area contributed by atoms with Gasteiger partial charge in [0.2, 0.25) is 5.91 Å². The number of methoxy groups -OCH3 is 1. The number of hydrogen-bond acceptors (Lipinski definition) is 6. The number of hydrogen-bond donors (Lipinski definition) is 0. The fourth-order valence-electron chi connectivity index (χ4n) is 5.78. The van der Waals surface area contributed by atoms with E-state index in [9.17, 15) is 9.59 Å². The molecule has 5 rings (SSSR count). The first-order chi connectivity index (χ1) is 15.8. The van der Waals surface area contributed by atoms with Gasteiger partial charge in [-0.3, -0.25) is 19.4 Å². The Morgan fingerprint density at radius 3 is 2.58 bits per heavy atom. The van der Waals surface area contributed by atoms with Crippen LogP contribution in [0.1, 0.15) is 17.0 Å². The van der Waals surface area contributed by atoms with Crippen molar-refractivity contribution in [1.82, 2.24) is 9.80 Å². The summed E-state index contributed by atoms with van der Waals surface area (Å²) in [5.41, 5.74) is 1.34. The minimum atomic E-state index is -1.23. The van der Waals surface area contributed by atoms with Gasteiger partial charge in [-0.15, -0.1) is 6.58 Å². The lowest BCUT2D eigenvalue weighted by molar-refractivity contribution is -0.138. The largest absolute Gasteiger partial charge is 0.497 e. The van der Waals surface area contributed by atoms with Crippen LogP contribution in [-0.2, 0) is 15.1 Å². The van der Waals surface area contributed by atoms with Gasteiger partial charge >= 0.3 is 0 Å². The van der Waals surface area contributed by atoms with Crippen molar-refractivity contribution in [2.24, 2.45) is 0 Å². The van der Waals surface area contributed by atoms with Crippen LogP contribution in [0.2, 0.25) is 0 Å². The predicted octanol–water partition coefficient (Wildman–Crippen LogP) is 3.38. The molecule has 0 bridgehead atoms. The van der Waals surface area contributed by atoms with Crippen molar-refractivity contribution in [1.29, 1.82) is 0 Å². The number of carbonyl (C=O) groups excluding carboxylic acids is 2. The molecule has 8 heteroatoms. The molecule has 0 N–H and O–H groups in total. The number of anilines is 1. The van der Waals surface area contributed by atoms with Crippen molar-refractivity contribution in [2.75, 3.05) is 39.2 Å². The molecule has 2 amide bonds. The van der Waals surface area contributed by atoms with E-state index in [0.717, 1.165) is 16.8 Å². The van der Waals surface area contributed by atoms with Crippen LogP contribution in [0.3, 0.4) is 0 Å². The Balaban J connectivity index is 1.84. The van der Waals surface area contributed by atoms with Crippen molar-refractivity contribution in [3.05, 3.63) is 72.3 Å². The third kappa shape index (κ3) is 2.62. The van der Waals surface area contributed by atoms with Gasteiger partial charge in [0.05, 0.1) is 7.11 Å². The monoisotopic (exact) mass is 479 g/mol. The molecular formula is C25H25N3O3S2. The molecule has 0 radical (unpaired) electrons. The first-order valence-electron chi connectivity index (χ1n) is 10.7. The smallest absolute Gasteiger partial charge is 0.254 e. The molecule has 3 heterocycles. The van der Waals surface area contributed by atoms with E-state index in [-0.39, 0.29) is 17.7 Å². The lowest BCUT2D eigenvalue weighted by Crippen LogP contribution is -2.62. The average molecular weight is 480 g/mol. The number of nitrogens with zero attached hydrogens (tertiary/aromatic N) is 3. The number of amides is 2. The molecule has 33 heavy (non-hydrogen) atoms. The standard InChI is InChI=1S/C25H25N3O3S2/c1-5-13-28-22(30)25(33-23(28)32)19(16-9-7-6-8-10-16)15-26(2)24(25)18-14-17(31-4)11-12-20(18)27(3)21(24)29/h5-12,14,19H,1,13,15H2,2-4H3/t19-,24-,25+/m1/s1. The number of likely N-dealkylation sites (N-methyl/N-ethyl adjacent to an activating group) is 2. The highest BCUT2D eigenvalue weighted by atomic mass is 32.2. The van der Waals surface area contributed by atoms with E-state index in [1.54, 1.807) is 30.0 Å². The zero-order valence-corrected chi connectivity index (χ0v) is 20.4. The van der Waals surface area contributed by atoms with E-state index in [1.807, 2.05) is 60.5 Å². The summed E-state index contributed by atoms with van der Waals surface area (Å²) in [5.74, 6) is 0.121.